The maximum Gasteiger partial charge on any atom is 0.210 e. The summed E-state index contributed by atoms with van der Waals surface area (Å²) in [5.41, 5.74) is 3.66. The number of fused-ring (bicyclic) bond motifs is 1. The summed E-state index contributed by atoms with van der Waals surface area (Å²) in [6, 6.07) is 23.7. The van der Waals surface area contributed by atoms with E-state index in [0.717, 1.165) is 54.0 Å². The number of hydrogen-bond donors (Lipinski definition) is 0. The van der Waals surface area contributed by atoms with Gasteiger partial charge >= 0.3 is 0 Å². The van der Waals surface area contributed by atoms with Crippen molar-refractivity contribution in [3.05, 3.63) is 87.5 Å². The Hall–Kier alpha value is -3.42. The number of rotatable bonds is 6. The van der Waals surface area contributed by atoms with E-state index in [0.29, 0.717) is 10.9 Å². The van der Waals surface area contributed by atoms with Crippen LogP contribution in [0.15, 0.2) is 86.7 Å². The minimum atomic E-state index is 0.0634. The molecule has 5 aromatic rings. The molecule has 7 heteroatoms. The van der Waals surface area contributed by atoms with Crippen LogP contribution >= 0.6 is 27.3 Å². The lowest BCUT2D eigenvalue weighted by atomic mass is 10.1. The summed E-state index contributed by atoms with van der Waals surface area (Å²) in [5, 5.41) is 2.32. The van der Waals surface area contributed by atoms with Crippen molar-refractivity contribution in [2.24, 2.45) is 4.99 Å². The summed E-state index contributed by atoms with van der Waals surface area (Å²) in [6.07, 6.45) is 0.0634. The lowest BCUT2D eigenvalue weighted by molar-refractivity contribution is 0.242. The van der Waals surface area contributed by atoms with Crippen LogP contribution in [-0.4, -0.2) is 18.2 Å². The molecule has 0 unspecified atom stereocenters. The average Bonchev–Trinajstić information content (AvgIpc) is 3.24. The van der Waals surface area contributed by atoms with Gasteiger partial charge in [-0.05, 0) is 75.4 Å². The molecule has 0 saturated heterocycles. The van der Waals surface area contributed by atoms with Crippen LogP contribution in [-0.2, 0) is 0 Å². The summed E-state index contributed by atoms with van der Waals surface area (Å²) in [5.74, 6) is 2.27. The molecule has 0 fully saturated rings. The van der Waals surface area contributed by atoms with Crippen LogP contribution in [0.4, 0.5) is 5.13 Å². The largest absolute Gasteiger partial charge is 0.497 e. The first-order valence-electron chi connectivity index (χ1n) is 11.6. The molecule has 2 aromatic heterocycles. The fourth-order valence-corrected chi connectivity index (χ4v) is 4.97. The van der Waals surface area contributed by atoms with E-state index in [1.54, 1.807) is 18.4 Å². The molecule has 0 amide bonds. The minimum absolute atomic E-state index is 0.0634. The van der Waals surface area contributed by atoms with Gasteiger partial charge in [-0.1, -0.05) is 39.4 Å². The van der Waals surface area contributed by atoms with Gasteiger partial charge in [-0.15, -0.1) is 0 Å². The molecule has 0 atom stereocenters. The Labute approximate surface area is 222 Å². The smallest absolute Gasteiger partial charge is 0.210 e. The molecule has 5 rings (SSSR count). The molecule has 3 aromatic carbocycles. The molecular weight excluding hydrogens is 536 g/mol. The number of thiazole rings is 1. The molecule has 0 N–H and O–H groups in total. The van der Waals surface area contributed by atoms with Crippen molar-refractivity contribution < 1.29 is 13.9 Å². The molecule has 0 saturated carbocycles. The average molecular weight is 562 g/mol. The maximum atomic E-state index is 6.29. The summed E-state index contributed by atoms with van der Waals surface area (Å²) in [4.78, 5) is 11.0. The highest BCUT2D eigenvalue weighted by Gasteiger charge is 2.12. The van der Waals surface area contributed by atoms with Gasteiger partial charge in [0.05, 0.1) is 24.3 Å². The SMILES string of the molecule is COc1ccc(-c2cc(=Nc3nc(-c4ccc(Br)cc4)c(C)s3)c3cc(OC(C)C)ccc3o2)cc1. The third kappa shape index (κ3) is 5.22. The normalized spacial score (nSPS) is 11.9. The van der Waals surface area contributed by atoms with E-state index in [9.17, 15) is 0 Å². The monoisotopic (exact) mass is 560 g/mol. The van der Waals surface area contributed by atoms with Crippen molar-refractivity contribution in [3.8, 4) is 34.1 Å². The second-order valence-electron chi connectivity index (χ2n) is 8.57. The van der Waals surface area contributed by atoms with E-state index in [1.807, 2.05) is 74.5 Å². The van der Waals surface area contributed by atoms with Gasteiger partial charge < -0.3 is 13.9 Å². The summed E-state index contributed by atoms with van der Waals surface area (Å²) in [7, 11) is 1.65. The number of aromatic nitrogens is 1. The first-order chi connectivity index (χ1) is 17.4. The number of nitrogens with zero attached hydrogens (tertiary/aromatic N) is 2. The molecule has 0 spiro atoms. The first-order valence-corrected chi connectivity index (χ1v) is 13.2. The van der Waals surface area contributed by atoms with Crippen LogP contribution in [0.1, 0.15) is 18.7 Å². The Balaban J connectivity index is 1.67. The fraction of sp³-hybridized carbons (Fsp3) is 0.172. The van der Waals surface area contributed by atoms with E-state index >= 15 is 0 Å². The minimum Gasteiger partial charge on any atom is -0.497 e. The van der Waals surface area contributed by atoms with Gasteiger partial charge in [-0.2, -0.15) is 0 Å². The second-order valence-corrected chi connectivity index (χ2v) is 10.7. The van der Waals surface area contributed by atoms with Gasteiger partial charge in [-0.3, -0.25) is 0 Å². The lowest BCUT2D eigenvalue weighted by Gasteiger charge is -2.11. The van der Waals surface area contributed by atoms with Crippen molar-refractivity contribution in [1.29, 1.82) is 0 Å². The second kappa shape index (κ2) is 10.3. The number of aryl methyl sites for hydroxylation is 1. The summed E-state index contributed by atoms with van der Waals surface area (Å²) >= 11 is 5.07. The molecule has 36 heavy (non-hydrogen) atoms. The number of halogens is 1. The van der Waals surface area contributed by atoms with Crippen LogP contribution in [0.25, 0.3) is 33.6 Å². The van der Waals surface area contributed by atoms with Gasteiger partial charge in [-0.25, -0.2) is 9.98 Å². The van der Waals surface area contributed by atoms with Gasteiger partial charge in [0.25, 0.3) is 0 Å². The van der Waals surface area contributed by atoms with Crippen molar-refractivity contribution >= 4 is 43.4 Å². The van der Waals surface area contributed by atoms with Crippen LogP contribution in [0, 0.1) is 6.92 Å². The van der Waals surface area contributed by atoms with Crippen molar-refractivity contribution in [2.45, 2.75) is 26.9 Å². The molecular formula is C29H25BrN2O3S. The third-order valence-electron chi connectivity index (χ3n) is 5.58. The zero-order valence-corrected chi connectivity index (χ0v) is 22.8. The number of ether oxygens (including phenoxy) is 2. The van der Waals surface area contributed by atoms with E-state index in [1.165, 1.54) is 0 Å². The predicted molar refractivity (Wildman–Crippen MR) is 149 cm³/mol. The maximum absolute atomic E-state index is 6.29. The van der Waals surface area contributed by atoms with E-state index in [2.05, 4.69) is 35.0 Å². The van der Waals surface area contributed by atoms with E-state index in [4.69, 9.17) is 23.9 Å². The Morgan fingerprint density at radius 2 is 1.61 bits per heavy atom. The number of methoxy groups -OCH3 is 1. The van der Waals surface area contributed by atoms with Crippen LogP contribution in [0.2, 0.25) is 0 Å². The van der Waals surface area contributed by atoms with E-state index in [-0.39, 0.29) is 6.10 Å². The van der Waals surface area contributed by atoms with Crippen LogP contribution < -0.4 is 14.8 Å². The van der Waals surface area contributed by atoms with Crippen molar-refractivity contribution in [3.63, 3.8) is 0 Å². The Morgan fingerprint density at radius 1 is 0.917 bits per heavy atom. The first kappa shape index (κ1) is 24.3. The van der Waals surface area contributed by atoms with Gasteiger partial charge in [0.1, 0.15) is 22.8 Å². The lowest BCUT2D eigenvalue weighted by Crippen LogP contribution is -2.07. The quantitative estimate of drug-likeness (QED) is 0.209. The summed E-state index contributed by atoms with van der Waals surface area (Å²) < 4.78 is 18.6. The molecule has 2 heterocycles. The highest BCUT2D eigenvalue weighted by Crippen LogP contribution is 2.33. The number of hydrogen-bond acceptors (Lipinski definition) is 6. The molecule has 182 valence electrons. The molecule has 0 radical (unpaired) electrons. The Kier molecular flexibility index (Phi) is 6.94. The zero-order chi connectivity index (χ0) is 25.2. The molecule has 0 aliphatic rings. The zero-order valence-electron chi connectivity index (χ0n) is 20.4. The molecule has 0 aliphatic carbocycles. The highest BCUT2D eigenvalue weighted by molar-refractivity contribution is 9.10. The molecule has 0 bridgehead atoms. The third-order valence-corrected chi connectivity index (χ3v) is 6.97. The number of benzene rings is 3. The molecule has 0 aliphatic heterocycles. The fourth-order valence-electron chi connectivity index (χ4n) is 3.89. The molecule has 5 nitrogen and oxygen atoms in total. The van der Waals surface area contributed by atoms with Crippen molar-refractivity contribution in [1.82, 2.24) is 4.98 Å². The van der Waals surface area contributed by atoms with Gasteiger partial charge in [0.15, 0.2) is 0 Å². The van der Waals surface area contributed by atoms with Gasteiger partial charge in [0.2, 0.25) is 5.13 Å². The highest BCUT2D eigenvalue weighted by atomic mass is 79.9. The van der Waals surface area contributed by atoms with Crippen LogP contribution in [0.3, 0.4) is 0 Å². The standard InChI is InChI=1S/C29H25BrN2O3S/c1-17(2)34-23-13-14-26-24(15-23)25(16-27(35-26)19-7-11-22(33-4)12-8-19)31-29-32-28(18(3)36-29)20-5-9-21(30)10-6-20/h5-17H,1-4H3. The summed E-state index contributed by atoms with van der Waals surface area (Å²) in [6.45, 7) is 6.09. The van der Waals surface area contributed by atoms with Gasteiger partial charge in [0, 0.05) is 31.9 Å². The Morgan fingerprint density at radius 3 is 2.31 bits per heavy atom. The van der Waals surface area contributed by atoms with E-state index < -0.39 is 0 Å². The van der Waals surface area contributed by atoms with Crippen LogP contribution in [0.5, 0.6) is 11.5 Å². The van der Waals surface area contributed by atoms with Crippen molar-refractivity contribution in [2.75, 3.05) is 7.11 Å². The Bertz CT molecular complexity index is 1590. The predicted octanol–water partition coefficient (Wildman–Crippen LogP) is 8.32. The topological polar surface area (TPSA) is 56.9 Å².